The van der Waals surface area contributed by atoms with E-state index < -0.39 is 0 Å². The molecule has 104 valence electrons. The normalized spacial score (nSPS) is 21.5. The maximum atomic E-state index is 4.23. The lowest BCUT2D eigenvalue weighted by Crippen LogP contribution is -2.26. The van der Waals surface area contributed by atoms with Crippen molar-refractivity contribution in [3.05, 3.63) is 65.0 Å². The number of fused-ring (bicyclic) bond motifs is 1. The van der Waals surface area contributed by atoms with Crippen molar-refractivity contribution in [1.82, 2.24) is 10.3 Å². The molecule has 1 aliphatic rings. The van der Waals surface area contributed by atoms with Gasteiger partial charge in [-0.1, -0.05) is 31.2 Å². The Bertz CT molecular complexity index is 591. The van der Waals surface area contributed by atoms with Crippen molar-refractivity contribution in [2.45, 2.75) is 45.2 Å². The average molecular weight is 266 g/mol. The number of pyridine rings is 1. The molecule has 2 aromatic rings. The molecule has 0 fully saturated rings. The molecule has 0 saturated heterocycles. The van der Waals surface area contributed by atoms with Crippen LogP contribution in [0, 0.1) is 6.92 Å². The number of rotatable bonds is 3. The number of benzene rings is 1. The van der Waals surface area contributed by atoms with Crippen LogP contribution in [0.3, 0.4) is 0 Å². The second kappa shape index (κ2) is 5.76. The number of aryl methyl sites for hydroxylation is 1. The van der Waals surface area contributed by atoms with Gasteiger partial charge in [-0.2, -0.15) is 0 Å². The Morgan fingerprint density at radius 2 is 1.95 bits per heavy atom. The molecule has 0 bridgehead atoms. The van der Waals surface area contributed by atoms with Crippen LogP contribution >= 0.6 is 0 Å². The highest BCUT2D eigenvalue weighted by Crippen LogP contribution is 2.37. The minimum Gasteiger partial charge on any atom is -0.306 e. The molecule has 3 rings (SSSR count). The summed E-state index contributed by atoms with van der Waals surface area (Å²) in [5.41, 5.74) is 5.60. The van der Waals surface area contributed by atoms with E-state index in [-0.39, 0.29) is 0 Å². The van der Waals surface area contributed by atoms with Crippen LogP contribution in [0.2, 0.25) is 0 Å². The van der Waals surface area contributed by atoms with Crippen LogP contribution in [0.5, 0.6) is 0 Å². The minimum atomic E-state index is 0.474. The van der Waals surface area contributed by atoms with Crippen molar-refractivity contribution < 1.29 is 0 Å². The lowest BCUT2D eigenvalue weighted by atomic mass is 9.81. The summed E-state index contributed by atoms with van der Waals surface area (Å²) >= 11 is 0. The highest BCUT2D eigenvalue weighted by Gasteiger charge is 2.23. The molecule has 1 N–H and O–H groups in total. The van der Waals surface area contributed by atoms with E-state index in [1.165, 1.54) is 35.1 Å². The number of hydrogen-bond donors (Lipinski definition) is 1. The third-order valence-corrected chi connectivity index (χ3v) is 4.48. The second-order valence-corrected chi connectivity index (χ2v) is 5.84. The standard InChI is InChI=1S/C18H22N2/c1-13-9-10-19-11-15(13)12-20-18-8-7-14(2)16-5-3-4-6-17(16)18/h3-6,9-11,14,18,20H,7-8,12H2,1-2H3. The van der Waals surface area contributed by atoms with Gasteiger partial charge in [0.25, 0.3) is 0 Å². The first-order valence-electron chi connectivity index (χ1n) is 7.47. The molecule has 1 aromatic carbocycles. The molecular weight excluding hydrogens is 244 g/mol. The highest BCUT2D eigenvalue weighted by molar-refractivity contribution is 5.35. The van der Waals surface area contributed by atoms with Crippen LogP contribution < -0.4 is 5.32 Å². The van der Waals surface area contributed by atoms with Gasteiger partial charge in [-0.25, -0.2) is 0 Å². The van der Waals surface area contributed by atoms with Gasteiger partial charge < -0.3 is 5.32 Å². The summed E-state index contributed by atoms with van der Waals surface area (Å²) in [5.74, 6) is 0.685. The van der Waals surface area contributed by atoms with Gasteiger partial charge in [-0.05, 0) is 54.0 Å². The Morgan fingerprint density at radius 3 is 2.75 bits per heavy atom. The summed E-state index contributed by atoms with van der Waals surface area (Å²) in [4.78, 5) is 4.23. The third kappa shape index (κ3) is 2.61. The van der Waals surface area contributed by atoms with Gasteiger partial charge in [0.05, 0.1) is 0 Å². The fourth-order valence-corrected chi connectivity index (χ4v) is 3.13. The van der Waals surface area contributed by atoms with Crippen LogP contribution in [-0.4, -0.2) is 4.98 Å². The topological polar surface area (TPSA) is 24.9 Å². The Hall–Kier alpha value is -1.67. The molecular formula is C18H22N2. The fourth-order valence-electron chi connectivity index (χ4n) is 3.13. The molecule has 2 heteroatoms. The maximum Gasteiger partial charge on any atom is 0.0326 e. The Labute approximate surface area is 121 Å². The Kier molecular flexibility index (Phi) is 3.83. The van der Waals surface area contributed by atoms with E-state index >= 15 is 0 Å². The van der Waals surface area contributed by atoms with Gasteiger partial charge >= 0.3 is 0 Å². The summed E-state index contributed by atoms with van der Waals surface area (Å²) in [6.07, 6.45) is 6.31. The fraction of sp³-hybridized carbons (Fsp3) is 0.389. The van der Waals surface area contributed by atoms with Gasteiger partial charge in [0.15, 0.2) is 0 Å². The van der Waals surface area contributed by atoms with Crippen LogP contribution in [-0.2, 0) is 6.54 Å². The van der Waals surface area contributed by atoms with Crippen molar-refractivity contribution in [3.8, 4) is 0 Å². The number of aromatic nitrogens is 1. The molecule has 2 atom stereocenters. The van der Waals surface area contributed by atoms with E-state index in [2.05, 4.69) is 54.5 Å². The van der Waals surface area contributed by atoms with Gasteiger partial charge in [0.1, 0.15) is 0 Å². The molecule has 1 aliphatic carbocycles. The lowest BCUT2D eigenvalue weighted by Gasteiger charge is -2.30. The summed E-state index contributed by atoms with van der Waals surface area (Å²) in [6.45, 7) is 5.38. The molecule has 0 spiro atoms. The van der Waals surface area contributed by atoms with E-state index in [4.69, 9.17) is 0 Å². The average Bonchev–Trinajstić information content (AvgIpc) is 2.48. The maximum absolute atomic E-state index is 4.23. The van der Waals surface area contributed by atoms with E-state index in [1.807, 2.05) is 12.4 Å². The van der Waals surface area contributed by atoms with Crippen molar-refractivity contribution in [2.75, 3.05) is 0 Å². The molecule has 0 saturated carbocycles. The zero-order chi connectivity index (χ0) is 13.9. The van der Waals surface area contributed by atoms with E-state index in [0.717, 1.165) is 6.54 Å². The largest absolute Gasteiger partial charge is 0.306 e. The molecule has 0 amide bonds. The first-order chi connectivity index (χ1) is 9.75. The zero-order valence-electron chi connectivity index (χ0n) is 12.3. The zero-order valence-corrected chi connectivity index (χ0v) is 12.3. The third-order valence-electron chi connectivity index (χ3n) is 4.48. The first-order valence-corrected chi connectivity index (χ1v) is 7.47. The predicted molar refractivity (Wildman–Crippen MR) is 82.6 cm³/mol. The Balaban J connectivity index is 1.76. The monoisotopic (exact) mass is 266 g/mol. The van der Waals surface area contributed by atoms with E-state index in [9.17, 15) is 0 Å². The van der Waals surface area contributed by atoms with Crippen molar-refractivity contribution in [2.24, 2.45) is 0 Å². The van der Waals surface area contributed by atoms with Crippen molar-refractivity contribution in [1.29, 1.82) is 0 Å². The van der Waals surface area contributed by atoms with Gasteiger partial charge in [0, 0.05) is 25.0 Å². The van der Waals surface area contributed by atoms with Crippen LogP contribution in [0.25, 0.3) is 0 Å². The summed E-state index contributed by atoms with van der Waals surface area (Å²) < 4.78 is 0. The second-order valence-electron chi connectivity index (χ2n) is 5.84. The van der Waals surface area contributed by atoms with Gasteiger partial charge in [-0.3, -0.25) is 4.98 Å². The van der Waals surface area contributed by atoms with Gasteiger partial charge in [-0.15, -0.1) is 0 Å². The molecule has 2 unspecified atom stereocenters. The van der Waals surface area contributed by atoms with Crippen molar-refractivity contribution >= 4 is 0 Å². The Morgan fingerprint density at radius 1 is 1.15 bits per heavy atom. The highest BCUT2D eigenvalue weighted by atomic mass is 14.9. The van der Waals surface area contributed by atoms with Crippen LogP contribution in [0.4, 0.5) is 0 Å². The molecule has 2 nitrogen and oxygen atoms in total. The number of nitrogens with zero attached hydrogens (tertiary/aromatic N) is 1. The SMILES string of the molecule is Cc1ccncc1CNC1CCC(C)c2ccccc21. The van der Waals surface area contributed by atoms with Gasteiger partial charge in [0.2, 0.25) is 0 Å². The summed E-state index contributed by atoms with van der Waals surface area (Å²) in [6, 6.07) is 11.4. The summed E-state index contributed by atoms with van der Waals surface area (Å²) in [5, 5.41) is 3.72. The van der Waals surface area contributed by atoms with Crippen LogP contribution in [0.15, 0.2) is 42.7 Å². The number of nitrogens with one attached hydrogen (secondary N) is 1. The first kappa shape index (κ1) is 13.3. The van der Waals surface area contributed by atoms with E-state index in [0.29, 0.717) is 12.0 Å². The molecule has 0 aliphatic heterocycles. The van der Waals surface area contributed by atoms with Crippen LogP contribution in [0.1, 0.15) is 54.0 Å². The molecule has 1 heterocycles. The lowest BCUT2D eigenvalue weighted by molar-refractivity contribution is 0.430. The number of hydrogen-bond acceptors (Lipinski definition) is 2. The van der Waals surface area contributed by atoms with E-state index in [1.54, 1.807) is 0 Å². The summed E-state index contributed by atoms with van der Waals surface area (Å²) in [7, 11) is 0. The molecule has 1 aromatic heterocycles. The van der Waals surface area contributed by atoms with Crippen molar-refractivity contribution in [3.63, 3.8) is 0 Å². The molecule has 20 heavy (non-hydrogen) atoms. The minimum absolute atomic E-state index is 0.474. The predicted octanol–water partition coefficient (Wildman–Crippen LogP) is 4.12. The quantitative estimate of drug-likeness (QED) is 0.904. The smallest absolute Gasteiger partial charge is 0.0326 e. The molecule has 0 radical (unpaired) electrons.